The van der Waals surface area contributed by atoms with E-state index in [1.807, 2.05) is 4.90 Å². The molecule has 1 unspecified atom stereocenters. The predicted octanol–water partition coefficient (Wildman–Crippen LogP) is 1.10. The number of primary amides is 1. The van der Waals surface area contributed by atoms with Gasteiger partial charge in [-0.05, 0) is 38.3 Å². The van der Waals surface area contributed by atoms with Crippen LogP contribution in [0.15, 0.2) is 24.3 Å². The van der Waals surface area contributed by atoms with Crippen LogP contribution >= 0.6 is 0 Å². The van der Waals surface area contributed by atoms with Crippen molar-refractivity contribution in [2.24, 2.45) is 5.73 Å². The highest BCUT2D eigenvalue weighted by molar-refractivity contribution is 6.00. The average molecular weight is 346 g/mol. The topological polar surface area (TPSA) is 105 Å². The zero-order chi connectivity index (χ0) is 18.2. The van der Waals surface area contributed by atoms with Gasteiger partial charge < -0.3 is 21.3 Å². The zero-order valence-corrected chi connectivity index (χ0v) is 14.6. The third kappa shape index (κ3) is 5.48. The molecule has 1 atom stereocenters. The average Bonchev–Trinajstić information content (AvgIpc) is 2.60. The van der Waals surface area contributed by atoms with Crippen molar-refractivity contribution in [2.45, 2.75) is 38.6 Å². The Bertz CT molecular complexity index is 633. The number of nitrogens with two attached hydrogens (primary N) is 1. The molecule has 3 amide bonds. The van der Waals surface area contributed by atoms with Crippen LogP contribution < -0.4 is 16.4 Å². The van der Waals surface area contributed by atoms with E-state index in [0.29, 0.717) is 11.3 Å². The van der Waals surface area contributed by atoms with E-state index in [1.54, 1.807) is 24.3 Å². The molecule has 0 aliphatic carbocycles. The Labute approximate surface area is 147 Å². The molecule has 1 heterocycles. The minimum Gasteiger partial charge on any atom is -0.376 e. The number of likely N-dealkylation sites (tertiary alicyclic amines) is 1. The molecule has 2 rings (SSSR count). The maximum Gasteiger partial charge on any atom is 0.253 e. The Hall–Kier alpha value is -2.57. The first-order chi connectivity index (χ1) is 12.0. The van der Waals surface area contributed by atoms with Gasteiger partial charge in [0.05, 0.1) is 12.1 Å². The standard InChI is InChI=1S/C18H26N4O3/c1-13-6-4-5-11-22(13)17(24)12-21-15-8-3-2-7-14(15)18(25)20-10-9-16(19)23/h2-3,7-8,13,21H,4-6,9-12H2,1H3,(H2,19,23)(H,20,25). The molecule has 0 aromatic heterocycles. The summed E-state index contributed by atoms with van der Waals surface area (Å²) in [5.41, 5.74) is 6.10. The fourth-order valence-corrected chi connectivity index (χ4v) is 2.97. The number of anilines is 1. The highest BCUT2D eigenvalue weighted by Gasteiger charge is 2.23. The van der Waals surface area contributed by atoms with Crippen LogP contribution in [0.1, 0.15) is 43.0 Å². The smallest absolute Gasteiger partial charge is 0.253 e. The Balaban J connectivity index is 1.94. The zero-order valence-electron chi connectivity index (χ0n) is 14.6. The molecule has 136 valence electrons. The molecule has 1 aliphatic heterocycles. The summed E-state index contributed by atoms with van der Waals surface area (Å²) in [5, 5.41) is 5.72. The maximum absolute atomic E-state index is 12.4. The van der Waals surface area contributed by atoms with Gasteiger partial charge in [0.1, 0.15) is 0 Å². The molecule has 1 saturated heterocycles. The summed E-state index contributed by atoms with van der Waals surface area (Å²) in [6, 6.07) is 7.25. The number of nitrogens with one attached hydrogen (secondary N) is 2. The van der Waals surface area contributed by atoms with Gasteiger partial charge in [-0.2, -0.15) is 0 Å². The van der Waals surface area contributed by atoms with Gasteiger partial charge in [-0.1, -0.05) is 12.1 Å². The first-order valence-electron chi connectivity index (χ1n) is 8.68. The maximum atomic E-state index is 12.4. The quantitative estimate of drug-likeness (QED) is 0.688. The van der Waals surface area contributed by atoms with Crippen LogP contribution in [0.2, 0.25) is 0 Å². The largest absolute Gasteiger partial charge is 0.376 e. The number of para-hydroxylation sites is 1. The summed E-state index contributed by atoms with van der Waals surface area (Å²) in [4.78, 5) is 37.3. The lowest BCUT2D eigenvalue weighted by Crippen LogP contribution is -2.44. The highest BCUT2D eigenvalue weighted by atomic mass is 16.2. The van der Waals surface area contributed by atoms with Crippen molar-refractivity contribution in [3.05, 3.63) is 29.8 Å². The molecule has 0 spiro atoms. The number of carbonyl (C=O) groups excluding carboxylic acids is 3. The van der Waals surface area contributed by atoms with E-state index in [0.717, 1.165) is 25.8 Å². The lowest BCUT2D eigenvalue weighted by molar-refractivity contribution is -0.132. The lowest BCUT2D eigenvalue weighted by atomic mass is 10.0. The molecule has 1 aromatic rings. The van der Waals surface area contributed by atoms with Crippen molar-refractivity contribution in [3.63, 3.8) is 0 Å². The van der Waals surface area contributed by atoms with E-state index in [1.165, 1.54) is 0 Å². The Kier molecular flexibility index (Phi) is 6.80. The number of hydrogen-bond acceptors (Lipinski definition) is 4. The van der Waals surface area contributed by atoms with Gasteiger partial charge in [-0.25, -0.2) is 0 Å². The van der Waals surface area contributed by atoms with Crippen LogP contribution in [0.4, 0.5) is 5.69 Å². The summed E-state index contributed by atoms with van der Waals surface area (Å²) in [5.74, 6) is -0.729. The summed E-state index contributed by atoms with van der Waals surface area (Å²) < 4.78 is 0. The number of carbonyl (C=O) groups is 3. The molecule has 0 bridgehead atoms. The first-order valence-corrected chi connectivity index (χ1v) is 8.68. The number of hydrogen-bond donors (Lipinski definition) is 3. The Morgan fingerprint density at radius 2 is 2.00 bits per heavy atom. The molecule has 7 heteroatoms. The van der Waals surface area contributed by atoms with Crippen molar-refractivity contribution in [3.8, 4) is 0 Å². The molecular weight excluding hydrogens is 320 g/mol. The predicted molar refractivity (Wildman–Crippen MR) is 96.1 cm³/mol. The van der Waals surface area contributed by atoms with Crippen LogP contribution in [0.3, 0.4) is 0 Å². The number of piperidine rings is 1. The van der Waals surface area contributed by atoms with E-state index < -0.39 is 5.91 Å². The molecule has 1 aromatic carbocycles. The molecule has 25 heavy (non-hydrogen) atoms. The van der Waals surface area contributed by atoms with Crippen molar-refractivity contribution >= 4 is 23.4 Å². The second-order valence-corrected chi connectivity index (χ2v) is 6.30. The minimum atomic E-state index is -0.465. The van der Waals surface area contributed by atoms with Gasteiger partial charge >= 0.3 is 0 Å². The van der Waals surface area contributed by atoms with E-state index in [-0.39, 0.29) is 37.4 Å². The SMILES string of the molecule is CC1CCCCN1C(=O)CNc1ccccc1C(=O)NCCC(N)=O. The molecular formula is C18H26N4O3. The number of rotatable bonds is 7. The van der Waals surface area contributed by atoms with Crippen LogP contribution in [0.5, 0.6) is 0 Å². The molecule has 0 saturated carbocycles. The van der Waals surface area contributed by atoms with Gasteiger partial charge in [0.15, 0.2) is 0 Å². The second kappa shape index (κ2) is 9.05. The lowest BCUT2D eigenvalue weighted by Gasteiger charge is -2.33. The van der Waals surface area contributed by atoms with Gasteiger partial charge in [-0.15, -0.1) is 0 Å². The number of benzene rings is 1. The van der Waals surface area contributed by atoms with Crippen LogP contribution in [-0.2, 0) is 9.59 Å². The van der Waals surface area contributed by atoms with Crippen molar-refractivity contribution in [1.82, 2.24) is 10.2 Å². The summed E-state index contributed by atoms with van der Waals surface area (Å²) in [6.45, 7) is 3.19. The van der Waals surface area contributed by atoms with E-state index >= 15 is 0 Å². The Morgan fingerprint density at radius 3 is 2.72 bits per heavy atom. The first kappa shape index (κ1) is 18.8. The van der Waals surface area contributed by atoms with Crippen LogP contribution in [-0.4, -0.2) is 48.3 Å². The molecule has 7 nitrogen and oxygen atoms in total. The molecule has 0 radical (unpaired) electrons. The fourth-order valence-electron chi connectivity index (χ4n) is 2.97. The number of amides is 3. The molecule has 4 N–H and O–H groups in total. The third-order valence-electron chi connectivity index (χ3n) is 4.38. The van der Waals surface area contributed by atoms with Gasteiger partial charge in [-0.3, -0.25) is 14.4 Å². The summed E-state index contributed by atoms with van der Waals surface area (Å²) in [7, 11) is 0. The van der Waals surface area contributed by atoms with Crippen LogP contribution in [0, 0.1) is 0 Å². The molecule has 1 aliphatic rings. The fraction of sp³-hybridized carbons (Fsp3) is 0.500. The third-order valence-corrected chi connectivity index (χ3v) is 4.38. The van der Waals surface area contributed by atoms with Gasteiger partial charge in [0.25, 0.3) is 5.91 Å². The molecule has 1 fully saturated rings. The summed E-state index contributed by atoms with van der Waals surface area (Å²) >= 11 is 0. The van der Waals surface area contributed by atoms with Crippen molar-refractivity contribution in [2.75, 3.05) is 25.0 Å². The van der Waals surface area contributed by atoms with Crippen LogP contribution in [0.25, 0.3) is 0 Å². The highest BCUT2D eigenvalue weighted by Crippen LogP contribution is 2.18. The van der Waals surface area contributed by atoms with E-state index in [9.17, 15) is 14.4 Å². The van der Waals surface area contributed by atoms with Crippen molar-refractivity contribution < 1.29 is 14.4 Å². The summed E-state index contributed by atoms with van der Waals surface area (Å²) in [6.07, 6.45) is 3.32. The number of nitrogens with zero attached hydrogens (tertiary/aromatic N) is 1. The van der Waals surface area contributed by atoms with E-state index in [2.05, 4.69) is 17.6 Å². The van der Waals surface area contributed by atoms with Gasteiger partial charge in [0, 0.05) is 31.2 Å². The normalized spacial score (nSPS) is 17.0. The Morgan fingerprint density at radius 1 is 1.24 bits per heavy atom. The monoisotopic (exact) mass is 346 g/mol. The van der Waals surface area contributed by atoms with Gasteiger partial charge in [0.2, 0.25) is 11.8 Å². The minimum absolute atomic E-state index is 0.0381. The van der Waals surface area contributed by atoms with Crippen molar-refractivity contribution in [1.29, 1.82) is 0 Å². The van der Waals surface area contributed by atoms with E-state index in [4.69, 9.17) is 5.73 Å². The second-order valence-electron chi connectivity index (χ2n) is 6.30.